The van der Waals surface area contributed by atoms with Crippen molar-refractivity contribution in [2.45, 2.75) is 39.0 Å². The third-order valence-corrected chi connectivity index (χ3v) is 11.7. The molecule has 254 valence electrons. The summed E-state index contributed by atoms with van der Waals surface area (Å²) in [6, 6.07) is 55.6. The van der Waals surface area contributed by atoms with E-state index in [0.29, 0.717) is 0 Å². The molecule has 1 aliphatic rings. The van der Waals surface area contributed by atoms with Gasteiger partial charge in [0.15, 0.2) is 0 Å². The van der Waals surface area contributed by atoms with Gasteiger partial charge in [0, 0.05) is 56.0 Å². The molecule has 3 heterocycles. The molecule has 0 bridgehead atoms. The quantitative estimate of drug-likeness (QED) is 0.178. The topological polar surface area (TPSA) is 27.7 Å². The van der Waals surface area contributed by atoms with E-state index in [-0.39, 0.29) is 5.41 Å². The molecule has 3 aromatic heterocycles. The number of hydrogen-bond acceptors (Lipinski definition) is 1. The molecule has 4 nitrogen and oxygen atoms in total. The molecule has 0 atom stereocenters. The first-order valence-corrected chi connectivity index (χ1v) is 18.8. The highest BCUT2D eigenvalue weighted by atomic mass is 15.1. The second kappa shape index (κ2) is 11.1. The van der Waals surface area contributed by atoms with Crippen LogP contribution in [0, 0.1) is 0 Å². The summed E-state index contributed by atoms with van der Waals surface area (Å²) >= 11 is 0. The largest absolute Gasteiger partial charge is 0.309 e. The summed E-state index contributed by atoms with van der Waals surface area (Å²) in [5.41, 5.74) is 15.9. The zero-order valence-electron chi connectivity index (χ0n) is 30.1. The van der Waals surface area contributed by atoms with Crippen LogP contribution in [0.1, 0.15) is 44.1 Å². The van der Waals surface area contributed by atoms with Crippen molar-refractivity contribution in [1.29, 1.82) is 0 Å². The summed E-state index contributed by atoms with van der Waals surface area (Å²) in [5, 5.41) is 5.18. The minimum absolute atomic E-state index is 0.215. The zero-order chi connectivity index (χ0) is 35.4. The first-order valence-electron chi connectivity index (χ1n) is 18.8. The van der Waals surface area contributed by atoms with E-state index >= 15 is 0 Å². The summed E-state index contributed by atoms with van der Waals surface area (Å²) in [6.45, 7) is 7.06. The van der Waals surface area contributed by atoms with Crippen LogP contribution in [0.2, 0.25) is 0 Å². The van der Waals surface area contributed by atoms with E-state index in [1.54, 1.807) is 0 Å². The van der Waals surface area contributed by atoms with Gasteiger partial charge in [0.1, 0.15) is 5.82 Å². The predicted molar refractivity (Wildman–Crippen MR) is 221 cm³/mol. The molecule has 0 radical (unpaired) electrons. The molecule has 0 fully saturated rings. The molecular formula is C49H38N4. The van der Waals surface area contributed by atoms with Crippen molar-refractivity contribution in [2.75, 3.05) is 0 Å². The van der Waals surface area contributed by atoms with Gasteiger partial charge in [-0.05, 0) is 83.8 Å². The highest BCUT2D eigenvalue weighted by Crippen LogP contribution is 2.58. The van der Waals surface area contributed by atoms with Crippen LogP contribution in [0.25, 0.3) is 82.8 Å². The lowest BCUT2D eigenvalue weighted by Crippen LogP contribution is -2.15. The van der Waals surface area contributed by atoms with Gasteiger partial charge in [0.2, 0.25) is 0 Å². The SMILES string of the molecule is CCCc1nc2ccccc2n1-c1ccc(-n2c3ccccc3c3c4c(c5c(c6ccccc6n5-c5ccccc5)c32)-c2ccccc2C4(C)C)cc1. The minimum Gasteiger partial charge on any atom is -0.309 e. The molecular weight excluding hydrogens is 645 g/mol. The highest BCUT2D eigenvalue weighted by molar-refractivity contribution is 6.31. The van der Waals surface area contributed by atoms with E-state index in [2.05, 4.69) is 186 Å². The number of imidazole rings is 1. The Morgan fingerprint density at radius 3 is 1.77 bits per heavy atom. The standard InChI is InChI=1S/C49H38N4/c1-4-16-42-50-38-23-12-15-26-41(38)51(42)32-27-29-33(30-28-32)53-39-24-13-9-20-35(39)44-46-43(34-19-8-11-22-37(34)49(46,2)3)47-45(48(44)53)36-21-10-14-25-40(36)52(47)31-17-6-5-7-18-31/h5-15,17-30H,4,16H2,1-3H3. The normalized spacial score (nSPS) is 13.5. The Balaban J connectivity index is 1.31. The van der Waals surface area contributed by atoms with Crippen molar-refractivity contribution in [1.82, 2.24) is 18.7 Å². The lowest BCUT2D eigenvalue weighted by molar-refractivity contribution is 0.667. The molecule has 0 saturated carbocycles. The van der Waals surface area contributed by atoms with Gasteiger partial charge in [-0.1, -0.05) is 112 Å². The van der Waals surface area contributed by atoms with Gasteiger partial charge < -0.3 is 9.13 Å². The van der Waals surface area contributed by atoms with Gasteiger partial charge in [-0.2, -0.15) is 0 Å². The van der Waals surface area contributed by atoms with Gasteiger partial charge in [-0.25, -0.2) is 4.98 Å². The molecule has 10 aromatic rings. The second-order valence-corrected chi connectivity index (χ2v) is 15.0. The summed E-state index contributed by atoms with van der Waals surface area (Å²) in [5.74, 6) is 1.10. The fourth-order valence-electron chi connectivity index (χ4n) is 9.58. The van der Waals surface area contributed by atoms with Crippen molar-refractivity contribution in [3.8, 4) is 28.2 Å². The maximum Gasteiger partial charge on any atom is 0.114 e. The minimum atomic E-state index is -0.215. The van der Waals surface area contributed by atoms with E-state index < -0.39 is 0 Å². The van der Waals surface area contributed by atoms with Gasteiger partial charge in [0.25, 0.3) is 0 Å². The molecule has 0 saturated heterocycles. The molecule has 0 amide bonds. The van der Waals surface area contributed by atoms with Crippen molar-refractivity contribution in [3.63, 3.8) is 0 Å². The lowest BCUT2D eigenvalue weighted by atomic mass is 9.80. The van der Waals surface area contributed by atoms with E-state index in [1.807, 2.05) is 0 Å². The van der Waals surface area contributed by atoms with Gasteiger partial charge in [-0.15, -0.1) is 0 Å². The van der Waals surface area contributed by atoms with Crippen LogP contribution in [-0.2, 0) is 11.8 Å². The molecule has 0 unspecified atom stereocenters. The maximum atomic E-state index is 5.04. The fraction of sp³-hybridized carbons (Fsp3) is 0.122. The molecule has 0 spiro atoms. The van der Waals surface area contributed by atoms with E-state index in [0.717, 1.165) is 41.1 Å². The number of para-hydroxylation sites is 5. The number of aromatic nitrogens is 4. The van der Waals surface area contributed by atoms with E-state index in [1.165, 1.54) is 71.6 Å². The maximum absolute atomic E-state index is 5.04. The monoisotopic (exact) mass is 682 g/mol. The molecule has 53 heavy (non-hydrogen) atoms. The van der Waals surface area contributed by atoms with Crippen molar-refractivity contribution in [2.24, 2.45) is 0 Å². The van der Waals surface area contributed by atoms with Crippen molar-refractivity contribution >= 4 is 54.6 Å². The molecule has 0 aliphatic heterocycles. The Morgan fingerprint density at radius 2 is 1.06 bits per heavy atom. The number of aryl methyl sites for hydroxylation is 1. The smallest absolute Gasteiger partial charge is 0.114 e. The summed E-state index contributed by atoms with van der Waals surface area (Å²) in [6.07, 6.45) is 1.97. The van der Waals surface area contributed by atoms with Gasteiger partial charge >= 0.3 is 0 Å². The molecule has 11 rings (SSSR count). The average Bonchev–Trinajstić information content (AvgIpc) is 3.91. The van der Waals surface area contributed by atoms with Crippen LogP contribution >= 0.6 is 0 Å². The van der Waals surface area contributed by atoms with Crippen LogP contribution in [0.4, 0.5) is 0 Å². The number of nitrogens with zero attached hydrogens (tertiary/aromatic N) is 4. The number of hydrogen-bond donors (Lipinski definition) is 0. The Morgan fingerprint density at radius 1 is 0.509 bits per heavy atom. The number of fused-ring (bicyclic) bond motifs is 13. The van der Waals surface area contributed by atoms with Gasteiger partial charge in [-0.3, -0.25) is 4.57 Å². The van der Waals surface area contributed by atoms with Crippen LogP contribution < -0.4 is 0 Å². The Bertz CT molecular complexity index is 3080. The summed E-state index contributed by atoms with van der Waals surface area (Å²) in [4.78, 5) is 5.04. The zero-order valence-corrected chi connectivity index (χ0v) is 30.1. The fourth-order valence-corrected chi connectivity index (χ4v) is 9.58. The van der Waals surface area contributed by atoms with Gasteiger partial charge in [0.05, 0.1) is 33.1 Å². The van der Waals surface area contributed by atoms with Crippen molar-refractivity contribution < 1.29 is 0 Å². The van der Waals surface area contributed by atoms with Crippen LogP contribution in [-0.4, -0.2) is 18.7 Å². The molecule has 4 heteroatoms. The molecule has 0 N–H and O–H groups in total. The highest BCUT2D eigenvalue weighted by Gasteiger charge is 2.41. The van der Waals surface area contributed by atoms with E-state index in [9.17, 15) is 0 Å². The second-order valence-electron chi connectivity index (χ2n) is 15.0. The third kappa shape index (κ3) is 4.04. The average molecular weight is 683 g/mol. The number of benzene rings is 7. The first kappa shape index (κ1) is 30.3. The molecule has 1 aliphatic carbocycles. The number of rotatable bonds is 5. The first-order chi connectivity index (χ1) is 26.1. The van der Waals surface area contributed by atoms with Crippen LogP contribution in [0.3, 0.4) is 0 Å². The van der Waals surface area contributed by atoms with E-state index in [4.69, 9.17) is 4.98 Å². The van der Waals surface area contributed by atoms with Crippen molar-refractivity contribution in [3.05, 3.63) is 169 Å². The predicted octanol–water partition coefficient (Wildman–Crippen LogP) is 12.5. The summed E-state index contributed by atoms with van der Waals surface area (Å²) in [7, 11) is 0. The molecule has 7 aromatic carbocycles. The Hall–Kier alpha value is -6.39. The summed E-state index contributed by atoms with van der Waals surface area (Å²) < 4.78 is 7.40. The van der Waals surface area contributed by atoms with Crippen LogP contribution in [0.15, 0.2) is 152 Å². The third-order valence-electron chi connectivity index (χ3n) is 11.7. The lowest BCUT2D eigenvalue weighted by Gasteiger charge is -2.23. The Kier molecular flexibility index (Phi) is 6.31. The Labute approximate surface area is 308 Å². The van der Waals surface area contributed by atoms with Crippen LogP contribution in [0.5, 0.6) is 0 Å².